The molecule has 0 bridgehead atoms. The fourth-order valence-corrected chi connectivity index (χ4v) is 3.08. The molecule has 0 N–H and O–H groups in total. The Balaban J connectivity index is 1.67. The van der Waals surface area contributed by atoms with Crippen molar-refractivity contribution in [2.75, 3.05) is 13.2 Å². The van der Waals surface area contributed by atoms with Gasteiger partial charge >= 0.3 is 12.1 Å². The third kappa shape index (κ3) is 6.56. The molecule has 1 aromatic heterocycles. The summed E-state index contributed by atoms with van der Waals surface area (Å²) in [6.45, 7) is 5.81. The molecule has 1 atom stereocenters. The number of nitrogens with zero attached hydrogens (tertiary/aromatic N) is 2. The van der Waals surface area contributed by atoms with Gasteiger partial charge in [0.05, 0.1) is 18.9 Å². The molecule has 1 aromatic carbocycles. The van der Waals surface area contributed by atoms with E-state index in [9.17, 15) is 14.4 Å². The lowest BCUT2D eigenvalue weighted by Crippen LogP contribution is -2.39. The van der Waals surface area contributed by atoms with Gasteiger partial charge in [-0.25, -0.2) is 9.69 Å². The Morgan fingerprint density at radius 3 is 2.61 bits per heavy atom. The third-order valence-electron chi connectivity index (χ3n) is 4.42. The number of amides is 2. The predicted octanol–water partition coefficient (Wildman–Crippen LogP) is 3.12. The molecule has 9 nitrogen and oxygen atoms in total. The van der Waals surface area contributed by atoms with E-state index in [1.165, 1.54) is 0 Å². The normalized spacial score (nSPS) is 14.8. The highest BCUT2D eigenvalue weighted by atomic mass is 16.6. The van der Waals surface area contributed by atoms with Crippen LogP contribution in [0.5, 0.6) is 5.88 Å². The monoisotopic (exact) mass is 430 g/mol. The van der Waals surface area contributed by atoms with Crippen LogP contribution in [0.2, 0.25) is 0 Å². The fourth-order valence-electron chi connectivity index (χ4n) is 3.08. The maximum Gasteiger partial charge on any atom is 0.416 e. The molecule has 3 rings (SSSR count). The number of cyclic esters (lactones) is 1. The molecule has 1 saturated heterocycles. The lowest BCUT2D eigenvalue weighted by Gasteiger charge is -2.23. The van der Waals surface area contributed by atoms with E-state index >= 15 is 0 Å². The molecule has 0 aliphatic carbocycles. The standard InChI is InChI=1S/C22H26N2O7/c1-22(2,3)30-19(25)12-16(20(26)24-9-10-28-21(24)27)11-17-13-18(23-31-17)29-14-15-7-5-4-6-8-15/h4-8,13,16H,9-12,14H2,1-3H3. The highest BCUT2D eigenvalue weighted by molar-refractivity contribution is 5.95. The minimum Gasteiger partial charge on any atom is -0.471 e. The smallest absolute Gasteiger partial charge is 0.416 e. The average molecular weight is 430 g/mol. The number of aromatic nitrogens is 1. The van der Waals surface area contributed by atoms with Crippen molar-refractivity contribution in [3.8, 4) is 5.88 Å². The Labute approximate surface area is 180 Å². The van der Waals surface area contributed by atoms with Crippen molar-refractivity contribution in [2.24, 2.45) is 5.92 Å². The maximum absolute atomic E-state index is 12.9. The lowest BCUT2D eigenvalue weighted by atomic mass is 9.98. The van der Waals surface area contributed by atoms with Crippen LogP contribution in [0, 0.1) is 5.92 Å². The van der Waals surface area contributed by atoms with E-state index < -0.39 is 29.5 Å². The Morgan fingerprint density at radius 2 is 1.97 bits per heavy atom. The molecule has 1 aliphatic heterocycles. The summed E-state index contributed by atoms with van der Waals surface area (Å²) < 4.78 is 21.1. The van der Waals surface area contributed by atoms with Crippen molar-refractivity contribution in [3.05, 3.63) is 47.7 Å². The first-order valence-electron chi connectivity index (χ1n) is 10.0. The maximum atomic E-state index is 12.9. The van der Waals surface area contributed by atoms with Gasteiger partial charge in [-0.15, -0.1) is 0 Å². The van der Waals surface area contributed by atoms with Gasteiger partial charge in [-0.3, -0.25) is 9.59 Å². The largest absolute Gasteiger partial charge is 0.471 e. The molecule has 1 unspecified atom stereocenters. The second kappa shape index (κ2) is 9.63. The molecule has 166 valence electrons. The average Bonchev–Trinajstić information content (AvgIpc) is 3.33. The molecule has 2 heterocycles. The molecule has 0 spiro atoms. The summed E-state index contributed by atoms with van der Waals surface area (Å²) in [5.74, 6) is -1.30. The van der Waals surface area contributed by atoms with Gasteiger partial charge in [0.2, 0.25) is 5.91 Å². The van der Waals surface area contributed by atoms with Gasteiger partial charge in [0, 0.05) is 12.5 Å². The minimum atomic E-state index is -0.865. The minimum absolute atomic E-state index is 0.0591. The summed E-state index contributed by atoms with van der Waals surface area (Å²) in [4.78, 5) is 38.1. The van der Waals surface area contributed by atoms with Gasteiger partial charge in [0.15, 0.2) is 0 Å². The van der Waals surface area contributed by atoms with Crippen molar-refractivity contribution in [2.45, 2.75) is 45.8 Å². The second-order valence-corrected chi connectivity index (χ2v) is 8.20. The van der Waals surface area contributed by atoms with Crippen LogP contribution in [-0.2, 0) is 32.1 Å². The zero-order valence-corrected chi connectivity index (χ0v) is 17.8. The molecule has 2 aromatic rings. The zero-order chi connectivity index (χ0) is 22.4. The number of carbonyl (C=O) groups is 3. The van der Waals surface area contributed by atoms with Gasteiger partial charge in [-0.2, -0.15) is 0 Å². The van der Waals surface area contributed by atoms with Crippen LogP contribution in [0.4, 0.5) is 4.79 Å². The van der Waals surface area contributed by atoms with Crippen LogP contribution >= 0.6 is 0 Å². The fraction of sp³-hybridized carbons (Fsp3) is 0.455. The van der Waals surface area contributed by atoms with E-state index in [-0.39, 0.29) is 31.9 Å². The number of carbonyl (C=O) groups excluding carboxylic acids is 3. The van der Waals surface area contributed by atoms with Crippen LogP contribution in [0.3, 0.4) is 0 Å². The highest BCUT2D eigenvalue weighted by Crippen LogP contribution is 2.23. The topological polar surface area (TPSA) is 108 Å². The van der Waals surface area contributed by atoms with Crippen LogP contribution in [0.1, 0.15) is 38.5 Å². The van der Waals surface area contributed by atoms with Gasteiger partial charge < -0.3 is 18.7 Å². The van der Waals surface area contributed by atoms with Gasteiger partial charge in [-0.1, -0.05) is 30.3 Å². The van der Waals surface area contributed by atoms with E-state index in [2.05, 4.69) is 5.16 Å². The Bertz CT molecular complexity index is 917. The van der Waals surface area contributed by atoms with Gasteiger partial charge in [-0.05, 0) is 31.5 Å². The number of ether oxygens (including phenoxy) is 3. The molecular formula is C22H26N2O7. The Kier molecular flexibility index (Phi) is 6.94. The molecule has 1 fully saturated rings. The predicted molar refractivity (Wildman–Crippen MR) is 108 cm³/mol. The molecule has 31 heavy (non-hydrogen) atoms. The summed E-state index contributed by atoms with van der Waals surface area (Å²) in [5, 5.41) is 3.86. The van der Waals surface area contributed by atoms with Crippen molar-refractivity contribution < 1.29 is 33.1 Å². The number of esters is 1. The summed E-state index contributed by atoms with van der Waals surface area (Å²) in [6, 6.07) is 11.1. The van der Waals surface area contributed by atoms with E-state index in [0.717, 1.165) is 10.5 Å². The molecular weight excluding hydrogens is 404 g/mol. The SMILES string of the molecule is CC(C)(C)OC(=O)CC(Cc1cc(OCc2ccccc2)no1)C(=O)N1CCOC1=O. The number of hydrogen-bond acceptors (Lipinski definition) is 8. The Hall–Kier alpha value is -3.36. The first kappa shape index (κ1) is 22.3. The summed E-state index contributed by atoms with van der Waals surface area (Å²) >= 11 is 0. The molecule has 0 saturated carbocycles. The van der Waals surface area contributed by atoms with Crippen LogP contribution in [-0.4, -0.2) is 46.8 Å². The van der Waals surface area contributed by atoms with Crippen molar-refractivity contribution in [3.63, 3.8) is 0 Å². The third-order valence-corrected chi connectivity index (χ3v) is 4.42. The first-order chi connectivity index (χ1) is 14.7. The summed E-state index contributed by atoms with van der Waals surface area (Å²) in [7, 11) is 0. The van der Waals surface area contributed by atoms with Gasteiger partial charge in [0.1, 0.15) is 24.6 Å². The lowest BCUT2D eigenvalue weighted by molar-refractivity contribution is -0.158. The van der Waals surface area contributed by atoms with E-state index in [1.807, 2.05) is 30.3 Å². The van der Waals surface area contributed by atoms with Crippen molar-refractivity contribution in [1.29, 1.82) is 0 Å². The quantitative estimate of drug-likeness (QED) is 0.588. The first-order valence-corrected chi connectivity index (χ1v) is 10.0. The molecule has 2 amide bonds. The van der Waals surface area contributed by atoms with E-state index in [1.54, 1.807) is 26.8 Å². The molecule has 0 radical (unpaired) electrons. The van der Waals surface area contributed by atoms with Crippen LogP contribution < -0.4 is 4.74 Å². The van der Waals surface area contributed by atoms with E-state index in [0.29, 0.717) is 12.4 Å². The summed E-state index contributed by atoms with van der Waals surface area (Å²) in [5.41, 5.74) is 0.277. The van der Waals surface area contributed by atoms with Crippen LogP contribution in [0.25, 0.3) is 0 Å². The molecule has 1 aliphatic rings. The number of benzene rings is 1. The van der Waals surface area contributed by atoms with E-state index in [4.69, 9.17) is 18.7 Å². The van der Waals surface area contributed by atoms with Crippen LogP contribution in [0.15, 0.2) is 40.9 Å². The Morgan fingerprint density at radius 1 is 1.23 bits per heavy atom. The summed E-state index contributed by atoms with van der Waals surface area (Å²) in [6.07, 6.45) is -0.867. The number of rotatable bonds is 8. The molecule has 9 heteroatoms. The second-order valence-electron chi connectivity index (χ2n) is 8.20. The van der Waals surface area contributed by atoms with Gasteiger partial charge in [0.25, 0.3) is 5.88 Å². The highest BCUT2D eigenvalue weighted by Gasteiger charge is 2.36. The van der Waals surface area contributed by atoms with Crippen molar-refractivity contribution in [1.82, 2.24) is 10.1 Å². The van der Waals surface area contributed by atoms with Crippen molar-refractivity contribution >= 4 is 18.0 Å². The zero-order valence-electron chi connectivity index (χ0n) is 17.8. The number of imide groups is 1. The number of hydrogen-bond donors (Lipinski definition) is 0.